The molecule has 0 amide bonds. The Morgan fingerprint density at radius 1 is 0.628 bits per heavy atom. The Bertz CT molecular complexity index is 1640. The minimum absolute atomic E-state index is 0.262. The molecule has 0 heterocycles. The van der Waals surface area contributed by atoms with Gasteiger partial charge >= 0.3 is 6.16 Å². The van der Waals surface area contributed by atoms with E-state index in [1.165, 1.54) is 6.92 Å². The van der Waals surface area contributed by atoms with Gasteiger partial charge in [0.1, 0.15) is 11.5 Å². The van der Waals surface area contributed by atoms with Crippen molar-refractivity contribution in [2.45, 2.75) is 6.92 Å². The van der Waals surface area contributed by atoms with Crippen molar-refractivity contribution in [3.05, 3.63) is 150 Å². The number of carbonyl (C=O) groups excluding carboxylic acids is 2. The summed E-state index contributed by atoms with van der Waals surface area (Å²) in [6, 6.07) is 44.0. The van der Waals surface area contributed by atoms with Crippen LogP contribution in [-0.2, 0) is 9.53 Å². The maximum atomic E-state index is 11.9. The molecule has 0 atom stereocenters. The Hall–Kier alpha value is -5.62. The summed E-state index contributed by atoms with van der Waals surface area (Å²) in [6.07, 6.45) is 1.20. The predicted molar refractivity (Wildman–Crippen MR) is 170 cm³/mol. The average molecular weight is 570 g/mol. The van der Waals surface area contributed by atoms with Crippen molar-refractivity contribution in [1.82, 2.24) is 0 Å². The van der Waals surface area contributed by atoms with E-state index in [1.54, 1.807) is 19.2 Å². The quantitative estimate of drug-likeness (QED) is 0.0951. The number of hydrogen-bond donors (Lipinski definition) is 0. The molecule has 6 heteroatoms. The van der Waals surface area contributed by atoms with Gasteiger partial charge < -0.3 is 19.1 Å². The molecule has 0 bridgehead atoms. The van der Waals surface area contributed by atoms with E-state index in [0.29, 0.717) is 5.75 Å². The van der Waals surface area contributed by atoms with Crippen molar-refractivity contribution in [3.63, 3.8) is 0 Å². The second-order valence-electron chi connectivity index (χ2n) is 9.75. The molecule has 0 aliphatic heterocycles. The SMILES string of the molecule is COc1ccc(/C(=C\c2ccc(N(c3ccccc3)c3ccccc3)cc2)c2ccc(OC(=O)OCC(C)=O)cc2)cc1. The van der Waals surface area contributed by atoms with Gasteiger partial charge in [-0.05, 0) is 95.9 Å². The summed E-state index contributed by atoms with van der Waals surface area (Å²) in [5, 5.41) is 0. The highest BCUT2D eigenvalue weighted by atomic mass is 16.7. The van der Waals surface area contributed by atoms with Gasteiger partial charge in [0.05, 0.1) is 7.11 Å². The summed E-state index contributed by atoms with van der Waals surface area (Å²) < 4.78 is 15.4. The van der Waals surface area contributed by atoms with Crippen molar-refractivity contribution in [2.24, 2.45) is 0 Å². The fraction of sp³-hybridized carbons (Fsp3) is 0.0811. The third-order valence-electron chi connectivity index (χ3n) is 6.65. The lowest BCUT2D eigenvalue weighted by atomic mass is 9.95. The Balaban J connectivity index is 1.46. The first-order valence-corrected chi connectivity index (χ1v) is 13.8. The number of rotatable bonds is 10. The monoisotopic (exact) mass is 569 g/mol. The van der Waals surface area contributed by atoms with Gasteiger partial charge in [-0.15, -0.1) is 0 Å². The lowest BCUT2D eigenvalue weighted by Crippen LogP contribution is -2.15. The van der Waals surface area contributed by atoms with Crippen LogP contribution in [0.2, 0.25) is 0 Å². The number of methoxy groups -OCH3 is 1. The van der Waals surface area contributed by atoms with E-state index in [0.717, 1.165) is 45.1 Å². The van der Waals surface area contributed by atoms with Crippen LogP contribution in [0.25, 0.3) is 11.6 Å². The maximum Gasteiger partial charge on any atom is 0.514 e. The Labute approximate surface area is 251 Å². The van der Waals surface area contributed by atoms with Crippen molar-refractivity contribution in [3.8, 4) is 11.5 Å². The molecule has 0 saturated heterocycles. The van der Waals surface area contributed by atoms with Gasteiger partial charge in [0.25, 0.3) is 0 Å². The molecule has 0 aliphatic rings. The van der Waals surface area contributed by atoms with Crippen LogP contribution >= 0.6 is 0 Å². The standard InChI is InChI=1S/C37H31NO5/c1-27(39)26-42-37(40)43-35-23-17-30(18-24-35)36(29-15-21-34(41-2)22-16-29)25-28-13-19-33(20-14-28)38(31-9-5-3-6-10-31)32-11-7-4-8-12-32/h3-25H,26H2,1-2H3/b36-25+. The molecule has 0 aromatic heterocycles. The van der Waals surface area contributed by atoms with Gasteiger partial charge in [-0.3, -0.25) is 4.79 Å². The Morgan fingerprint density at radius 2 is 1.12 bits per heavy atom. The fourth-order valence-electron chi connectivity index (χ4n) is 4.58. The van der Waals surface area contributed by atoms with Crippen LogP contribution in [0.4, 0.5) is 21.9 Å². The van der Waals surface area contributed by atoms with Gasteiger partial charge in [-0.25, -0.2) is 4.79 Å². The van der Waals surface area contributed by atoms with Crippen LogP contribution in [0.15, 0.2) is 133 Å². The summed E-state index contributed by atoms with van der Waals surface area (Å²) in [7, 11) is 1.64. The molecule has 5 rings (SSSR count). The number of Topliss-reactive ketones (excluding diaryl/α,β-unsaturated/α-hetero) is 1. The molecule has 5 aromatic rings. The molecular weight excluding hydrogens is 538 g/mol. The number of para-hydroxylation sites is 2. The molecule has 0 fully saturated rings. The summed E-state index contributed by atoms with van der Waals surface area (Å²) in [6.45, 7) is 1.01. The summed E-state index contributed by atoms with van der Waals surface area (Å²) >= 11 is 0. The van der Waals surface area contributed by atoms with E-state index in [1.807, 2.05) is 72.8 Å². The molecule has 0 aliphatic carbocycles. The fourth-order valence-corrected chi connectivity index (χ4v) is 4.58. The zero-order chi connectivity index (χ0) is 30.0. The molecule has 6 nitrogen and oxygen atoms in total. The number of nitrogens with zero attached hydrogens (tertiary/aromatic N) is 1. The first-order chi connectivity index (χ1) is 21.0. The molecule has 5 aromatic carbocycles. The summed E-state index contributed by atoms with van der Waals surface area (Å²) in [4.78, 5) is 25.2. The zero-order valence-corrected chi connectivity index (χ0v) is 24.0. The Kier molecular flexibility index (Phi) is 9.29. The van der Waals surface area contributed by atoms with E-state index in [-0.39, 0.29) is 12.4 Å². The van der Waals surface area contributed by atoms with Crippen LogP contribution < -0.4 is 14.4 Å². The summed E-state index contributed by atoms with van der Waals surface area (Å²) in [5.74, 6) is 0.822. The first-order valence-electron chi connectivity index (χ1n) is 13.8. The molecule has 0 spiro atoms. The van der Waals surface area contributed by atoms with E-state index in [4.69, 9.17) is 14.2 Å². The number of ether oxygens (including phenoxy) is 3. The molecule has 0 radical (unpaired) electrons. The predicted octanol–water partition coefficient (Wildman–Crippen LogP) is 8.86. The van der Waals surface area contributed by atoms with Gasteiger partial charge in [-0.2, -0.15) is 0 Å². The maximum absolute atomic E-state index is 11.9. The normalized spacial score (nSPS) is 11.0. The molecule has 214 valence electrons. The van der Waals surface area contributed by atoms with Gasteiger partial charge in [0.2, 0.25) is 0 Å². The Morgan fingerprint density at radius 3 is 1.60 bits per heavy atom. The molecule has 0 saturated carbocycles. The van der Waals surface area contributed by atoms with Crippen molar-refractivity contribution in [1.29, 1.82) is 0 Å². The van der Waals surface area contributed by atoms with E-state index >= 15 is 0 Å². The van der Waals surface area contributed by atoms with E-state index < -0.39 is 6.16 Å². The number of anilines is 3. The van der Waals surface area contributed by atoms with Gasteiger partial charge in [-0.1, -0.05) is 72.8 Å². The van der Waals surface area contributed by atoms with Crippen molar-refractivity contribution < 1.29 is 23.8 Å². The smallest absolute Gasteiger partial charge is 0.497 e. The van der Waals surface area contributed by atoms with Gasteiger partial charge in [0, 0.05) is 17.1 Å². The lowest BCUT2D eigenvalue weighted by Gasteiger charge is -2.25. The number of ketones is 1. The second kappa shape index (κ2) is 13.8. The number of hydrogen-bond acceptors (Lipinski definition) is 6. The third-order valence-corrected chi connectivity index (χ3v) is 6.65. The number of carbonyl (C=O) groups is 2. The zero-order valence-electron chi connectivity index (χ0n) is 24.0. The van der Waals surface area contributed by atoms with Crippen molar-refractivity contribution >= 4 is 40.6 Å². The number of benzene rings is 5. The minimum Gasteiger partial charge on any atom is -0.497 e. The lowest BCUT2D eigenvalue weighted by molar-refractivity contribution is -0.120. The topological polar surface area (TPSA) is 65.1 Å². The van der Waals surface area contributed by atoms with Gasteiger partial charge in [0.15, 0.2) is 12.4 Å². The second-order valence-corrected chi connectivity index (χ2v) is 9.75. The van der Waals surface area contributed by atoms with Crippen LogP contribution in [0.1, 0.15) is 23.6 Å². The van der Waals surface area contributed by atoms with Crippen LogP contribution in [0.5, 0.6) is 11.5 Å². The molecule has 0 unspecified atom stereocenters. The van der Waals surface area contributed by atoms with E-state index in [9.17, 15) is 9.59 Å². The first kappa shape index (κ1) is 28.9. The summed E-state index contributed by atoms with van der Waals surface area (Å²) in [5.41, 5.74) is 7.10. The molecular formula is C37H31NO5. The van der Waals surface area contributed by atoms with Crippen LogP contribution in [-0.4, -0.2) is 25.7 Å². The highest BCUT2D eigenvalue weighted by molar-refractivity contribution is 5.92. The van der Waals surface area contributed by atoms with Crippen LogP contribution in [0.3, 0.4) is 0 Å². The van der Waals surface area contributed by atoms with Crippen LogP contribution in [0, 0.1) is 0 Å². The molecule has 0 N–H and O–H groups in total. The van der Waals surface area contributed by atoms with E-state index in [2.05, 4.69) is 59.5 Å². The highest BCUT2D eigenvalue weighted by Gasteiger charge is 2.13. The average Bonchev–Trinajstić information content (AvgIpc) is 3.05. The minimum atomic E-state index is -0.922. The highest BCUT2D eigenvalue weighted by Crippen LogP contribution is 2.35. The third kappa shape index (κ3) is 7.57. The molecule has 43 heavy (non-hydrogen) atoms. The largest absolute Gasteiger partial charge is 0.514 e. The van der Waals surface area contributed by atoms with Crippen molar-refractivity contribution in [2.75, 3.05) is 18.6 Å².